The van der Waals surface area contributed by atoms with Crippen LogP contribution in [0.5, 0.6) is 0 Å². The molecule has 33 heavy (non-hydrogen) atoms. The molecule has 0 spiro atoms. The number of hydrogen-bond donors (Lipinski definition) is 1. The number of aromatic nitrogens is 1. The molecule has 1 amide bonds. The molecule has 3 aromatic carbocycles. The molecule has 4 nitrogen and oxygen atoms in total. The average Bonchev–Trinajstić information content (AvgIpc) is 2.86. The smallest absolute Gasteiger partial charge is 0.252 e. The number of rotatable bonds is 5. The van der Waals surface area contributed by atoms with Crippen LogP contribution in [0.25, 0.3) is 22.2 Å². The molecule has 0 radical (unpaired) electrons. The molecule has 0 aliphatic carbocycles. The molecule has 0 atom stereocenters. The normalized spacial score (nSPS) is 14.9. The topological polar surface area (TPSA) is 45.2 Å². The number of amides is 1. The fraction of sp³-hybridized carbons (Fsp3) is 0.241. The van der Waals surface area contributed by atoms with Crippen LogP contribution in [0.1, 0.15) is 34.3 Å². The van der Waals surface area contributed by atoms with Crippen molar-refractivity contribution >= 4 is 16.8 Å². The van der Waals surface area contributed by atoms with E-state index in [-0.39, 0.29) is 11.9 Å². The van der Waals surface area contributed by atoms with E-state index < -0.39 is 0 Å². The zero-order chi connectivity index (χ0) is 22.6. The van der Waals surface area contributed by atoms with Gasteiger partial charge in [-0.15, -0.1) is 0 Å². The van der Waals surface area contributed by atoms with Crippen molar-refractivity contribution in [1.82, 2.24) is 15.2 Å². The summed E-state index contributed by atoms with van der Waals surface area (Å²) in [5.41, 5.74) is 5.86. The van der Waals surface area contributed by atoms with Crippen molar-refractivity contribution in [2.24, 2.45) is 0 Å². The summed E-state index contributed by atoms with van der Waals surface area (Å²) < 4.78 is 0. The second kappa shape index (κ2) is 9.55. The van der Waals surface area contributed by atoms with Gasteiger partial charge in [0.1, 0.15) is 0 Å². The lowest BCUT2D eigenvalue weighted by Gasteiger charge is -2.32. The Morgan fingerprint density at radius 3 is 2.36 bits per heavy atom. The van der Waals surface area contributed by atoms with E-state index in [4.69, 9.17) is 4.98 Å². The van der Waals surface area contributed by atoms with Crippen molar-refractivity contribution < 1.29 is 4.79 Å². The maximum absolute atomic E-state index is 13.4. The van der Waals surface area contributed by atoms with Gasteiger partial charge in [0.2, 0.25) is 0 Å². The van der Waals surface area contributed by atoms with Crippen molar-refractivity contribution in [3.63, 3.8) is 0 Å². The average molecular weight is 436 g/mol. The van der Waals surface area contributed by atoms with Gasteiger partial charge in [0, 0.05) is 36.6 Å². The molecule has 1 aliphatic heterocycles. The SMILES string of the molecule is Cc1ccc2nc(-c3ccccc3)cc(C(=O)NC3CCN(Cc4ccccc4)CC3)c2c1. The van der Waals surface area contributed by atoms with Crippen LogP contribution in [0.3, 0.4) is 0 Å². The van der Waals surface area contributed by atoms with E-state index >= 15 is 0 Å². The summed E-state index contributed by atoms with van der Waals surface area (Å²) in [5.74, 6) is -0.00769. The van der Waals surface area contributed by atoms with E-state index in [9.17, 15) is 4.79 Å². The van der Waals surface area contributed by atoms with Gasteiger partial charge in [0.15, 0.2) is 0 Å². The van der Waals surface area contributed by atoms with Crippen molar-refractivity contribution in [2.45, 2.75) is 32.4 Å². The number of nitrogens with one attached hydrogen (secondary N) is 1. The number of hydrogen-bond acceptors (Lipinski definition) is 3. The summed E-state index contributed by atoms with van der Waals surface area (Å²) in [6.45, 7) is 5.00. The highest BCUT2D eigenvalue weighted by atomic mass is 16.1. The predicted molar refractivity (Wildman–Crippen MR) is 134 cm³/mol. The Labute approximate surface area is 195 Å². The quantitative estimate of drug-likeness (QED) is 0.443. The van der Waals surface area contributed by atoms with Gasteiger partial charge >= 0.3 is 0 Å². The number of carbonyl (C=O) groups excluding carboxylic acids is 1. The Morgan fingerprint density at radius 2 is 1.64 bits per heavy atom. The maximum Gasteiger partial charge on any atom is 0.252 e. The molecule has 4 heteroatoms. The molecule has 166 valence electrons. The number of nitrogens with zero attached hydrogens (tertiary/aromatic N) is 2. The zero-order valence-electron chi connectivity index (χ0n) is 19.0. The first-order chi connectivity index (χ1) is 16.2. The van der Waals surface area contributed by atoms with Gasteiger partial charge in [-0.1, -0.05) is 72.3 Å². The lowest BCUT2D eigenvalue weighted by Crippen LogP contribution is -2.44. The van der Waals surface area contributed by atoms with E-state index in [1.54, 1.807) is 0 Å². The highest BCUT2D eigenvalue weighted by Crippen LogP contribution is 2.26. The highest BCUT2D eigenvalue weighted by molar-refractivity contribution is 6.07. The first-order valence-corrected chi connectivity index (χ1v) is 11.7. The molecule has 2 heterocycles. The first-order valence-electron chi connectivity index (χ1n) is 11.7. The van der Waals surface area contributed by atoms with Gasteiger partial charge in [-0.3, -0.25) is 9.69 Å². The Morgan fingerprint density at radius 1 is 0.939 bits per heavy atom. The molecular weight excluding hydrogens is 406 g/mol. The molecule has 1 N–H and O–H groups in total. The minimum atomic E-state index is -0.00769. The standard InChI is InChI=1S/C29H29N3O/c1-21-12-13-27-25(18-21)26(19-28(31-27)23-10-6-3-7-11-23)29(33)30-24-14-16-32(17-15-24)20-22-8-4-2-5-9-22/h2-13,18-19,24H,14-17,20H2,1H3,(H,30,33). The van der Waals surface area contributed by atoms with E-state index in [0.717, 1.165) is 60.2 Å². The van der Waals surface area contributed by atoms with Crippen LogP contribution in [0.4, 0.5) is 0 Å². The Hall–Kier alpha value is -3.50. The van der Waals surface area contributed by atoms with Gasteiger partial charge in [-0.25, -0.2) is 4.98 Å². The number of aryl methyl sites for hydroxylation is 1. The molecule has 1 aliphatic rings. The molecule has 5 rings (SSSR count). The predicted octanol–water partition coefficient (Wildman–Crippen LogP) is 5.60. The maximum atomic E-state index is 13.4. The van der Waals surface area contributed by atoms with Crippen LogP contribution >= 0.6 is 0 Å². The number of benzene rings is 3. The van der Waals surface area contributed by atoms with Crippen LogP contribution in [0.15, 0.2) is 84.9 Å². The van der Waals surface area contributed by atoms with Crippen LogP contribution in [-0.2, 0) is 6.54 Å². The van der Waals surface area contributed by atoms with E-state index in [2.05, 4.69) is 53.5 Å². The van der Waals surface area contributed by atoms with Gasteiger partial charge in [0.25, 0.3) is 5.91 Å². The van der Waals surface area contributed by atoms with Crippen molar-refractivity contribution in [2.75, 3.05) is 13.1 Å². The van der Waals surface area contributed by atoms with Crippen LogP contribution in [0.2, 0.25) is 0 Å². The van der Waals surface area contributed by atoms with Gasteiger partial charge in [0.05, 0.1) is 16.8 Å². The summed E-state index contributed by atoms with van der Waals surface area (Å²) in [6.07, 6.45) is 1.93. The molecule has 4 aromatic rings. The van der Waals surface area contributed by atoms with Crippen molar-refractivity contribution in [1.29, 1.82) is 0 Å². The first kappa shape index (κ1) is 21.4. The van der Waals surface area contributed by atoms with Gasteiger partial charge < -0.3 is 5.32 Å². The van der Waals surface area contributed by atoms with Gasteiger partial charge in [-0.05, 0) is 43.5 Å². The van der Waals surface area contributed by atoms with E-state index in [0.29, 0.717) is 5.56 Å². The van der Waals surface area contributed by atoms with Crippen LogP contribution < -0.4 is 5.32 Å². The third-order valence-corrected chi connectivity index (χ3v) is 6.45. The number of piperidine rings is 1. The van der Waals surface area contributed by atoms with E-state index in [1.165, 1.54) is 5.56 Å². The van der Waals surface area contributed by atoms with Gasteiger partial charge in [-0.2, -0.15) is 0 Å². The lowest BCUT2D eigenvalue weighted by molar-refractivity contribution is 0.0910. The van der Waals surface area contributed by atoms with Crippen LogP contribution in [-0.4, -0.2) is 34.9 Å². The Kier molecular flexibility index (Phi) is 6.18. The summed E-state index contributed by atoms with van der Waals surface area (Å²) in [6, 6.07) is 28.9. The summed E-state index contributed by atoms with van der Waals surface area (Å²) >= 11 is 0. The fourth-order valence-electron chi connectivity index (χ4n) is 4.62. The minimum Gasteiger partial charge on any atom is -0.349 e. The molecule has 0 unspecified atom stereocenters. The molecular formula is C29H29N3O. The summed E-state index contributed by atoms with van der Waals surface area (Å²) in [4.78, 5) is 20.8. The molecule has 1 fully saturated rings. The molecule has 0 saturated carbocycles. The second-order valence-corrected chi connectivity index (χ2v) is 8.95. The molecule has 0 bridgehead atoms. The summed E-state index contributed by atoms with van der Waals surface area (Å²) in [5, 5.41) is 4.23. The van der Waals surface area contributed by atoms with E-state index in [1.807, 2.05) is 48.5 Å². The third-order valence-electron chi connectivity index (χ3n) is 6.45. The lowest BCUT2D eigenvalue weighted by atomic mass is 10.00. The third kappa shape index (κ3) is 4.96. The molecule has 1 saturated heterocycles. The highest BCUT2D eigenvalue weighted by Gasteiger charge is 2.22. The van der Waals surface area contributed by atoms with Crippen molar-refractivity contribution in [3.05, 3.63) is 102 Å². The summed E-state index contributed by atoms with van der Waals surface area (Å²) in [7, 11) is 0. The second-order valence-electron chi connectivity index (χ2n) is 8.95. The monoisotopic (exact) mass is 435 g/mol. The van der Waals surface area contributed by atoms with Crippen molar-refractivity contribution in [3.8, 4) is 11.3 Å². The minimum absolute atomic E-state index is 0.00769. The fourth-order valence-corrected chi connectivity index (χ4v) is 4.62. The number of fused-ring (bicyclic) bond motifs is 1. The zero-order valence-corrected chi connectivity index (χ0v) is 19.0. The Balaban J connectivity index is 1.33. The number of pyridine rings is 1. The Bertz CT molecular complexity index is 1250. The number of carbonyl (C=O) groups is 1. The largest absolute Gasteiger partial charge is 0.349 e. The molecule has 1 aromatic heterocycles. The number of likely N-dealkylation sites (tertiary alicyclic amines) is 1. The van der Waals surface area contributed by atoms with Crippen LogP contribution in [0, 0.1) is 6.92 Å².